The molecule has 68 valence electrons. The molecule has 0 aliphatic rings. The molecule has 0 saturated heterocycles. The lowest BCUT2D eigenvalue weighted by Gasteiger charge is -2.27. The molecule has 0 aliphatic carbocycles. The molecule has 0 aromatic heterocycles. The molecule has 0 saturated carbocycles. The number of rotatable bonds is 2. The highest BCUT2D eigenvalue weighted by Crippen LogP contribution is 2.26. The van der Waals surface area contributed by atoms with Gasteiger partial charge in [0.25, 0.3) is 0 Å². The van der Waals surface area contributed by atoms with E-state index in [0.29, 0.717) is 6.42 Å². The quantitative estimate of drug-likeness (QED) is 0.690. The number of hydrogen-bond donors (Lipinski definition) is 1. The molecule has 3 nitrogen and oxygen atoms in total. The smallest absolute Gasteiger partial charge is 0.212 e. The summed E-state index contributed by atoms with van der Waals surface area (Å²) >= 11 is 0. The number of nitrogens with two attached hydrogens (primary N) is 1. The van der Waals surface area contributed by atoms with Gasteiger partial charge < -0.3 is 0 Å². The Hall–Kier alpha value is -0.0900. The van der Waals surface area contributed by atoms with Gasteiger partial charge in [-0.2, -0.15) is 0 Å². The van der Waals surface area contributed by atoms with Crippen LogP contribution < -0.4 is 5.14 Å². The monoisotopic (exact) mass is 179 g/mol. The van der Waals surface area contributed by atoms with Gasteiger partial charge in [0.2, 0.25) is 10.0 Å². The average molecular weight is 179 g/mol. The largest absolute Gasteiger partial charge is 0.228 e. The summed E-state index contributed by atoms with van der Waals surface area (Å²) in [5.74, 6) is 0. The maximum absolute atomic E-state index is 11.0. The van der Waals surface area contributed by atoms with E-state index < -0.39 is 15.3 Å². The van der Waals surface area contributed by atoms with E-state index in [1.807, 2.05) is 27.7 Å². The van der Waals surface area contributed by atoms with Crippen molar-refractivity contribution in [3.05, 3.63) is 0 Å². The lowest BCUT2D eigenvalue weighted by Crippen LogP contribution is -2.38. The summed E-state index contributed by atoms with van der Waals surface area (Å²) in [4.78, 5) is 0. The first-order valence-corrected chi connectivity index (χ1v) is 5.32. The lowest BCUT2D eigenvalue weighted by atomic mass is 9.90. The maximum Gasteiger partial charge on any atom is 0.212 e. The molecular weight excluding hydrogens is 162 g/mol. The first kappa shape index (κ1) is 10.9. The molecule has 0 spiro atoms. The molecule has 0 heterocycles. The zero-order valence-electron chi connectivity index (χ0n) is 7.59. The first-order valence-electron chi connectivity index (χ1n) is 3.71. The van der Waals surface area contributed by atoms with Crippen LogP contribution in [0, 0.1) is 5.41 Å². The van der Waals surface area contributed by atoms with Crippen molar-refractivity contribution in [1.82, 2.24) is 0 Å². The van der Waals surface area contributed by atoms with Gasteiger partial charge in [-0.3, -0.25) is 0 Å². The van der Waals surface area contributed by atoms with E-state index in [1.165, 1.54) is 0 Å². The van der Waals surface area contributed by atoms with Gasteiger partial charge in [0.05, 0.1) is 5.25 Å². The molecule has 0 fully saturated rings. The molecule has 1 unspecified atom stereocenters. The van der Waals surface area contributed by atoms with Crippen molar-refractivity contribution in [2.75, 3.05) is 0 Å². The summed E-state index contributed by atoms with van der Waals surface area (Å²) in [5.41, 5.74) is -0.262. The van der Waals surface area contributed by atoms with Crippen LogP contribution in [0.3, 0.4) is 0 Å². The molecule has 0 bridgehead atoms. The normalized spacial score (nSPS) is 16.5. The molecule has 2 N–H and O–H groups in total. The molecule has 0 radical (unpaired) electrons. The molecule has 11 heavy (non-hydrogen) atoms. The van der Waals surface area contributed by atoms with Crippen LogP contribution in [0.5, 0.6) is 0 Å². The summed E-state index contributed by atoms with van der Waals surface area (Å²) in [6, 6.07) is 0. The zero-order chi connectivity index (χ0) is 9.28. The molecule has 0 amide bonds. The summed E-state index contributed by atoms with van der Waals surface area (Å²) in [6.45, 7) is 7.48. The van der Waals surface area contributed by atoms with E-state index in [0.717, 1.165) is 0 Å². The van der Waals surface area contributed by atoms with Gasteiger partial charge in [0.15, 0.2) is 0 Å². The van der Waals surface area contributed by atoms with Crippen molar-refractivity contribution < 1.29 is 8.42 Å². The van der Waals surface area contributed by atoms with Crippen molar-refractivity contribution >= 4 is 10.0 Å². The van der Waals surface area contributed by atoms with Gasteiger partial charge in [0.1, 0.15) is 0 Å². The molecular formula is C7H17NO2S. The molecule has 1 atom stereocenters. The second kappa shape index (κ2) is 3.11. The average Bonchev–Trinajstić information content (AvgIpc) is 1.56. The number of hydrogen-bond acceptors (Lipinski definition) is 2. The topological polar surface area (TPSA) is 60.2 Å². The van der Waals surface area contributed by atoms with Crippen molar-refractivity contribution in [1.29, 1.82) is 0 Å². The Balaban J connectivity index is 4.72. The van der Waals surface area contributed by atoms with Crippen LogP contribution in [0.4, 0.5) is 0 Å². The van der Waals surface area contributed by atoms with Crippen LogP contribution in [0.1, 0.15) is 34.1 Å². The second-order valence-corrected chi connectivity index (χ2v) is 5.60. The lowest BCUT2D eigenvalue weighted by molar-refractivity contribution is 0.370. The maximum atomic E-state index is 11.0. The minimum atomic E-state index is -3.37. The van der Waals surface area contributed by atoms with Crippen LogP contribution in [-0.4, -0.2) is 13.7 Å². The fourth-order valence-electron chi connectivity index (χ4n) is 1.34. The first-order chi connectivity index (χ1) is 4.69. The van der Waals surface area contributed by atoms with Gasteiger partial charge in [-0.05, 0) is 11.8 Å². The van der Waals surface area contributed by atoms with Crippen molar-refractivity contribution in [3.8, 4) is 0 Å². The van der Waals surface area contributed by atoms with Crippen LogP contribution in [0.15, 0.2) is 0 Å². The summed E-state index contributed by atoms with van der Waals surface area (Å²) in [7, 11) is -3.37. The highest BCUT2D eigenvalue weighted by molar-refractivity contribution is 7.89. The Labute approximate surface area is 69.0 Å². The van der Waals surface area contributed by atoms with E-state index in [9.17, 15) is 8.42 Å². The van der Waals surface area contributed by atoms with E-state index in [-0.39, 0.29) is 5.41 Å². The Morgan fingerprint density at radius 2 is 1.73 bits per heavy atom. The molecule has 0 aromatic rings. The fourth-order valence-corrected chi connectivity index (χ4v) is 2.79. The Bertz CT molecular complexity index is 213. The number of sulfonamides is 1. The van der Waals surface area contributed by atoms with Gasteiger partial charge in [-0.1, -0.05) is 27.7 Å². The third-order valence-corrected chi connectivity index (χ3v) is 3.57. The van der Waals surface area contributed by atoms with Crippen molar-refractivity contribution in [2.24, 2.45) is 10.6 Å². The third kappa shape index (κ3) is 3.20. The van der Waals surface area contributed by atoms with Crippen LogP contribution in [0.2, 0.25) is 0 Å². The Kier molecular flexibility index (Phi) is 3.08. The van der Waals surface area contributed by atoms with Gasteiger partial charge in [-0.15, -0.1) is 0 Å². The Morgan fingerprint density at radius 1 is 1.36 bits per heavy atom. The fraction of sp³-hybridized carbons (Fsp3) is 1.00. The number of primary sulfonamides is 1. The van der Waals surface area contributed by atoms with Crippen molar-refractivity contribution in [2.45, 2.75) is 39.4 Å². The summed E-state index contributed by atoms with van der Waals surface area (Å²) in [6.07, 6.45) is 0.572. The van der Waals surface area contributed by atoms with Gasteiger partial charge in [-0.25, -0.2) is 13.6 Å². The summed E-state index contributed by atoms with van der Waals surface area (Å²) < 4.78 is 22.0. The summed E-state index contributed by atoms with van der Waals surface area (Å²) in [5, 5.41) is 4.61. The molecule has 0 aliphatic heterocycles. The highest BCUT2D eigenvalue weighted by Gasteiger charge is 2.31. The van der Waals surface area contributed by atoms with E-state index >= 15 is 0 Å². The predicted octanol–water partition coefficient (Wildman–Crippen LogP) is 1.10. The molecule has 0 rings (SSSR count). The van der Waals surface area contributed by atoms with Crippen LogP contribution >= 0.6 is 0 Å². The minimum Gasteiger partial charge on any atom is -0.228 e. The predicted molar refractivity (Wildman–Crippen MR) is 46.6 cm³/mol. The SMILES string of the molecule is CCC(C(C)(C)C)S(N)(=O)=O. The third-order valence-electron chi connectivity index (χ3n) is 1.73. The molecule has 4 heteroatoms. The molecule has 0 aromatic carbocycles. The Morgan fingerprint density at radius 3 is 1.73 bits per heavy atom. The van der Waals surface area contributed by atoms with Gasteiger partial charge in [0, 0.05) is 0 Å². The van der Waals surface area contributed by atoms with Crippen molar-refractivity contribution in [3.63, 3.8) is 0 Å². The standard InChI is InChI=1S/C7H17NO2S/c1-5-6(7(2,3)4)11(8,9)10/h6H,5H2,1-4H3,(H2,8,9,10). The van der Waals surface area contributed by atoms with E-state index in [1.54, 1.807) is 0 Å². The minimum absolute atomic E-state index is 0.262. The second-order valence-electron chi connectivity index (χ2n) is 3.85. The zero-order valence-corrected chi connectivity index (χ0v) is 8.40. The van der Waals surface area contributed by atoms with E-state index in [4.69, 9.17) is 5.14 Å². The van der Waals surface area contributed by atoms with Crippen LogP contribution in [0.25, 0.3) is 0 Å². The highest BCUT2D eigenvalue weighted by atomic mass is 32.2. The van der Waals surface area contributed by atoms with Crippen LogP contribution in [-0.2, 0) is 10.0 Å². The van der Waals surface area contributed by atoms with E-state index in [2.05, 4.69) is 0 Å². The van der Waals surface area contributed by atoms with Gasteiger partial charge >= 0.3 is 0 Å².